The van der Waals surface area contributed by atoms with Crippen molar-refractivity contribution < 1.29 is 24.2 Å². The third-order valence-corrected chi connectivity index (χ3v) is 4.22. The van der Waals surface area contributed by atoms with Crippen molar-refractivity contribution in [1.82, 2.24) is 10.6 Å². The molecule has 0 spiro atoms. The minimum Gasteiger partial charge on any atom is -0.480 e. The van der Waals surface area contributed by atoms with Gasteiger partial charge in [0.15, 0.2) is 0 Å². The van der Waals surface area contributed by atoms with Crippen LogP contribution in [-0.2, 0) is 14.3 Å². The summed E-state index contributed by atoms with van der Waals surface area (Å²) in [7, 11) is 0. The number of hydrogen-bond acceptors (Lipinski definition) is 5. The lowest BCUT2D eigenvalue weighted by Crippen LogP contribution is -2.40. The van der Waals surface area contributed by atoms with Gasteiger partial charge in [-0.25, -0.2) is 4.79 Å². The second-order valence-electron chi connectivity index (χ2n) is 5.75. The molecule has 0 unspecified atom stereocenters. The van der Waals surface area contributed by atoms with Crippen LogP contribution in [0.25, 0.3) is 0 Å². The van der Waals surface area contributed by atoms with Gasteiger partial charge in [0.2, 0.25) is 5.91 Å². The highest BCUT2D eigenvalue weighted by Crippen LogP contribution is 2.33. The molecule has 2 amide bonds. The maximum atomic E-state index is 11.8. The number of thioether (sulfide) groups is 1. The zero-order chi connectivity index (χ0) is 16.0. The minimum atomic E-state index is -0.873. The molecule has 0 aliphatic carbocycles. The van der Waals surface area contributed by atoms with Crippen LogP contribution in [0.4, 0.5) is 4.79 Å². The Labute approximate surface area is 128 Å². The number of amides is 2. The summed E-state index contributed by atoms with van der Waals surface area (Å²) in [5, 5.41) is 13.3. The Kier molecular flexibility index (Phi) is 6.32. The first-order valence-electron chi connectivity index (χ1n) is 6.82. The van der Waals surface area contributed by atoms with E-state index in [1.165, 1.54) is 11.8 Å². The number of aliphatic carboxylic acids is 1. The van der Waals surface area contributed by atoms with Gasteiger partial charge in [0.1, 0.15) is 10.9 Å². The first-order chi connectivity index (χ1) is 9.69. The number of carboxylic acids is 1. The SMILES string of the molecule is CC(C)(C)OC(=O)NCCNC(=O)[C@@H]1CC[C@@H](C(=O)O)S1. The molecule has 3 N–H and O–H groups in total. The highest BCUT2D eigenvalue weighted by atomic mass is 32.2. The first kappa shape index (κ1) is 17.6. The molecule has 1 aliphatic rings. The summed E-state index contributed by atoms with van der Waals surface area (Å²) < 4.78 is 5.05. The molecule has 1 heterocycles. The molecular weight excluding hydrogens is 296 g/mol. The molecule has 7 nitrogen and oxygen atoms in total. The van der Waals surface area contributed by atoms with Crippen molar-refractivity contribution in [2.75, 3.05) is 13.1 Å². The van der Waals surface area contributed by atoms with E-state index in [1.54, 1.807) is 20.8 Å². The van der Waals surface area contributed by atoms with E-state index in [0.717, 1.165) is 0 Å². The summed E-state index contributed by atoms with van der Waals surface area (Å²) in [6.45, 7) is 5.85. The number of nitrogens with one attached hydrogen (secondary N) is 2. The Bertz CT molecular complexity index is 408. The average Bonchev–Trinajstić information content (AvgIpc) is 2.81. The van der Waals surface area contributed by atoms with Gasteiger partial charge in [0.05, 0.1) is 5.25 Å². The molecule has 0 aromatic heterocycles. The molecule has 2 atom stereocenters. The summed E-state index contributed by atoms with van der Waals surface area (Å²) in [5.74, 6) is -1.06. The van der Waals surface area contributed by atoms with E-state index in [-0.39, 0.29) is 24.2 Å². The van der Waals surface area contributed by atoms with Crippen LogP contribution in [-0.4, -0.2) is 52.3 Å². The van der Waals surface area contributed by atoms with Crippen molar-refractivity contribution >= 4 is 29.7 Å². The number of ether oxygens (including phenoxy) is 1. The van der Waals surface area contributed by atoms with Crippen LogP contribution in [0.3, 0.4) is 0 Å². The van der Waals surface area contributed by atoms with Gasteiger partial charge in [-0.15, -0.1) is 11.8 Å². The van der Waals surface area contributed by atoms with Gasteiger partial charge < -0.3 is 20.5 Å². The van der Waals surface area contributed by atoms with Crippen LogP contribution in [0.2, 0.25) is 0 Å². The van der Waals surface area contributed by atoms with E-state index in [4.69, 9.17) is 9.84 Å². The second-order valence-corrected chi connectivity index (χ2v) is 7.16. The van der Waals surface area contributed by atoms with Gasteiger partial charge in [-0.2, -0.15) is 0 Å². The summed E-state index contributed by atoms with van der Waals surface area (Å²) in [5.41, 5.74) is -0.556. The highest BCUT2D eigenvalue weighted by Gasteiger charge is 2.34. The molecule has 1 fully saturated rings. The molecule has 1 aliphatic heterocycles. The maximum absolute atomic E-state index is 11.8. The summed E-state index contributed by atoms with van der Waals surface area (Å²) in [6, 6.07) is 0. The second kappa shape index (κ2) is 7.53. The number of carbonyl (C=O) groups excluding carboxylic acids is 2. The first-order valence-corrected chi connectivity index (χ1v) is 7.76. The lowest BCUT2D eigenvalue weighted by molar-refractivity contribution is -0.136. The summed E-state index contributed by atoms with van der Waals surface area (Å²) in [4.78, 5) is 34.0. The number of carboxylic acid groups (broad SMARTS) is 1. The molecule has 0 saturated carbocycles. The Morgan fingerprint density at radius 3 is 2.24 bits per heavy atom. The molecule has 0 aromatic rings. The van der Waals surface area contributed by atoms with Crippen LogP contribution in [0.1, 0.15) is 33.6 Å². The van der Waals surface area contributed by atoms with Gasteiger partial charge in [-0.1, -0.05) is 0 Å². The van der Waals surface area contributed by atoms with E-state index in [2.05, 4.69) is 10.6 Å². The van der Waals surface area contributed by atoms with Crippen molar-refractivity contribution in [3.05, 3.63) is 0 Å². The largest absolute Gasteiger partial charge is 0.480 e. The topological polar surface area (TPSA) is 105 Å². The molecular formula is C13H22N2O5S. The number of carbonyl (C=O) groups is 3. The Morgan fingerprint density at radius 2 is 1.71 bits per heavy atom. The van der Waals surface area contributed by atoms with Gasteiger partial charge >= 0.3 is 12.1 Å². The molecule has 0 aromatic carbocycles. The van der Waals surface area contributed by atoms with Gasteiger partial charge in [-0.05, 0) is 33.6 Å². The van der Waals surface area contributed by atoms with Crippen molar-refractivity contribution in [3.8, 4) is 0 Å². The molecule has 8 heteroatoms. The predicted octanol–water partition coefficient (Wildman–Crippen LogP) is 0.976. The maximum Gasteiger partial charge on any atom is 0.407 e. The minimum absolute atomic E-state index is 0.185. The van der Waals surface area contributed by atoms with Gasteiger partial charge in [0, 0.05) is 13.1 Å². The fourth-order valence-electron chi connectivity index (χ4n) is 1.79. The molecule has 0 bridgehead atoms. The number of alkyl carbamates (subject to hydrolysis) is 1. The van der Waals surface area contributed by atoms with Crippen LogP contribution in [0, 0.1) is 0 Å². The molecule has 1 rings (SSSR count). The zero-order valence-corrected chi connectivity index (χ0v) is 13.3. The van der Waals surface area contributed by atoms with E-state index in [1.807, 2.05) is 0 Å². The van der Waals surface area contributed by atoms with E-state index >= 15 is 0 Å². The van der Waals surface area contributed by atoms with E-state index in [9.17, 15) is 14.4 Å². The lowest BCUT2D eigenvalue weighted by Gasteiger charge is -2.19. The van der Waals surface area contributed by atoms with Gasteiger partial charge in [-0.3, -0.25) is 9.59 Å². The average molecular weight is 318 g/mol. The summed E-state index contributed by atoms with van der Waals surface area (Å²) >= 11 is 1.18. The van der Waals surface area contributed by atoms with Crippen LogP contribution in [0.5, 0.6) is 0 Å². The lowest BCUT2D eigenvalue weighted by atomic mass is 10.2. The summed E-state index contributed by atoms with van der Waals surface area (Å²) in [6.07, 6.45) is 0.541. The van der Waals surface area contributed by atoms with Crippen LogP contribution >= 0.6 is 11.8 Å². The Balaban J connectivity index is 2.17. The van der Waals surface area contributed by atoms with Crippen molar-refractivity contribution in [1.29, 1.82) is 0 Å². The number of rotatable bonds is 5. The smallest absolute Gasteiger partial charge is 0.407 e. The van der Waals surface area contributed by atoms with E-state index < -0.39 is 22.9 Å². The van der Waals surface area contributed by atoms with Crippen LogP contribution < -0.4 is 10.6 Å². The molecule has 21 heavy (non-hydrogen) atoms. The Morgan fingerprint density at radius 1 is 1.14 bits per heavy atom. The third-order valence-electron chi connectivity index (χ3n) is 2.68. The normalized spacial score (nSPS) is 21.7. The highest BCUT2D eigenvalue weighted by molar-refractivity contribution is 8.02. The molecule has 1 saturated heterocycles. The molecule has 0 radical (unpaired) electrons. The standard InChI is InChI=1S/C13H22N2O5S/c1-13(2,3)20-12(19)15-7-6-14-10(16)8-4-5-9(21-8)11(17)18/h8-9H,4-7H2,1-3H3,(H,14,16)(H,15,19)(H,17,18)/t8-,9-/m0/s1. The third kappa shape index (κ3) is 6.70. The predicted molar refractivity (Wildman–Crippen MR) is 79.3 cm³/mol. The van der Waals surface area contributed by atoms with Crippen molar-refractivity contribution in [2.45, 2.75) is 49.7 Å². The van der Waals surface area contributed by atoms with Gasteiger partial charge in [0.25, 0.3) is 0 Å². The zero-order valence-electron chi connectivity index (χ0n) is 12.5. The Hall–Kier alpha value is -1.44. The molecule has 120 valence electrons. The van der Waals surface area contributed by atoms with Crippen LogP contribution in [0.15, 0.2) is 0 Å². The number of hydrogen-bond donors (Lipinski definition) is 3. The monoisotopic (exact) mass is 318 g/mol. The van der Waals surface area contributed by atoms with E-state index in [0.29, 0.717) is 12.8 Å². The van der Waals surface area contributed by atoms with Crippen molar-refractivity contribution in [3.63, 3.8) is 0 Å². The fourth-order valence-corrected chi connectivity index (χ4v) is 3.05. The fraction of sp³-hybridized carbons (Fsp3) is 0.769. The van der Waals surface area contributed by atoms with Crippen molar-refractivity contribution in [2.24, 2.45) is 0 Å². The quantitative estimate of drug-likeness (QED) is 0.653.